The molecule has 1 aliphatic rings. The number of carboxylic acid groups (broad SMARTS) is 2. The predicted octanol–water partition coefficient (Wildman–Crippen LogP) is -0.672. The lowest BCUT2D eigenvalue weighted by atomic mass is 10.2. The molecule has 1 rings (SSSR count). The minimum absolute atomic E-state index is 0.0197. The Morgan fingerprint density at radius 2 is 1.93 bits per heavy atom. The molecule has 1 saturated heterocycles. The van der Waals surface area contributed by atoms with Crippen LogP contribution >= 0.6 is 0 Å². The summed E-state index contributed by atoms with van der Waals surface area (Å²) in [5.41, 5.74) is 0. The van der Waals surface area contributed by atoms with Gasteiger partial charge in [0, 0.05) is 25.9 Å². The molecule has 3 N–H and O–H groups in total. The van der Waals surface area contributed by atoms with Crippen LogP contribution in [0.15, 0.2) is 0 Å². The minimum atomic E-state index is -1.28. The molecule has 0 unspecified atom stereocenters. The van der Waals surface area contributed by atoms with Gasteiger partial charge in [0.25, 0.3) is 0 Å². The second-order valence-electron chi connectivity index (χ2n) is 3.42. The van der Waals surface area contributed by atoms with Crippen LogP contribution in [0.25, 0.3) is 0 Å². The maximum absolute atomic E-state index is 10.7. The number of amides is 2. The first-order chi connectivity index (χ1) is 6.91. The lowest BCUT2D eigenvalue weighted by molar-refractivity contribution is -0.141. The third-order valence-corrected chi connectivity index (χ3v) is 2.24. The van der Waals surface area contributed by atoms with Crippen molar-refractivity contribution in [2.24, 2.45) is 0 Å². The van der Waals surface area contributed by atoms with E-state index in [1.807, 2.05) is 0 Å². The topological polar surface area (TPSA) is 107 Å². The average Bonchev–Trinajstić information content (AvgIpc) is 2.46. The van der Waals surface area contributed by atoms with E-state index in [0.717, 1.165) is 4.90 Å². The molecule has 84 valence electrons. The smallest absolute Gasteiger partial charge is 0.408 e. The lowest BCUT2D eigenvalue weighted by Gasteiger charge is -2.16. The third kappa shape index (κ3) is 2.58. The monoisotopic (exact) mass is 216 g/mol. The first-order valence-electron chi connectivity index (χ1n) is 4.41. The Kier molecular flexibility index (Phi) is 3.13. The Labute approximate surface area is 85.7 Å². The van der Waals surface area contributed by atoms with Crippen molar-refractivity contribution in [2.75, 3.05) is 6.54 Å². The Balaban J connectivity index is 2.69. The van der Waals surface area contributed by atoms with Crippen LogP contribution in [0.4, 0.5) is 4.79 Å². The highest BCUT2D eigenvalue weighted by Crippen LogP contribution is 2.18. The molecule has 1 heterocycles. The summed E-state index contributed by atoms with van der Waals surface area (Å²) < 4.78 is 0. The van der Waals surface area contributed by atoms with E-state index in [4.69, 9.17) is 10.2 Å². The summed E-state index contributed by atoms with van der Waals surface area (Å²) in [6.45, 7) is 1.32. The van der Waals surface area contributed by atoms with Crippen LogP contribution in [0.5, 0.6) is 0 Å². The van der Waals surface area contributed by atoms with Gasteiger partial charge in [-0.25, -0.2) is 9.59 Å². The molecule has 1 fully saturated rings. The van der Waals surface area contributed by atoms with Gasteiger partial charge in [-0.15, -0.1) is 0 Å². The summed E-state index contributed by atoms with van der Waals surface area (Å²) in [5, 5.41) is 20.0. The fraction of sp³-hybridized carbons (Fsp3) is 0.625. The van der Waals surface area contributed by atoms with E-state index >= 15 is 0 Å². The standard InChI is InChI=1S/C8H12N2O5/c1-4(11)9-5-2-6(7(12)13)10(3-5)8(14)15/h5-6H,2-3H2,1H3,(H,9,11)(H,12,13)(H,14,15)/t5-,6-/m1/s1. The zero-order valence-electron chi connectivity index (χ0n) is 8.14. The summed E-state index contributed by atoms with van der Waals surface area (Å²) in [6, 6.07) is -1.49. The molecule has 0 aromatic rings. The zero-order chi connectivity index (χ0) is 11.6. The van der Waals surface area contributed by atoms with Gasteiger partial charge in [0.15, 0.2) is 0 Å². The number of hydrogen-bond acceptors (Lipinski definition) is 3. The third-order valence-electron chi connectivity index (χ3n) is 2.24. The van der Waals surface area contributed by atoms with Crippen molar-refractivity contribution in [3.05, 3.63) is 0 Å². The summed E-state index contributed by atoms with van der Waals surface area (Å²) in [6.07, 6.45) is -1.17. The largest absolute Gasteiger partial charge is 0.480 e. The molecule has 0 radical (unpaired) electrons. The van der Waals surface area contributed by atoms with E-state index < -0.39 is 24.1 Å². The van der Waals surface area contributed by atoms with Gasteiger partial charge >= 0.3 is 12.1 Å². The molecular weight excluding hydrogens is 204 g/mol. The van der Waals surface area contributed by atoms with Crippen molar-refractivity contribution in [1.82, 2.24) is 10.2 Å². The van der Waals surface area contributed by atoms with Gasteiger partial charge in [0.1, 0.15) is 6.04 Å². The van der Waals surface area contributed by atoms with Gasteiger partial charge in [-0.2, -0.15) is 0 Å². The number of carbonyl (C=O) groups excluding carboxylic acids is 1. The van der Waals surface area contributed by atoms with Gasteiger partial charge < -0.3 is 15.5 Å². The Morgan fingerprint density at radius 3 is 2.27 bits per heavy atom. The molecule has 2 amide bonds. The number of carbonyl (C=O) groups is 3. The molecule has 7 heteroatoms. The molecule has 1 aliphatic heterocycles. The number of nitrogens with one attached hydrogen (secondary N) is 1. The summed E-state index contributed by atoms with van der Waals surface area (Å²) >= 11 is 0. The van der Waals surface area contributed by atoms with Crippen LogP contribution < -0.4 is 5.32 Å². The van der Waals surface area contributed by atoms with Crippen LogP contribution in [-0.2, 0) is 9.59 Å². The highest BCUT2D eigenvalue weighted by atomic mass is 16.4. The Morgan fingerprint density at radius 1 is 1.33 bits per heavy atom. The number of hydrogen-bond donors (Lipinski definition) is 3. The Hall–Kier alpha value is -1.79. The molecular formula is C8H12N2O5. The van der Waals surface area contributed by atoms with Crippen molar-refractivity contribution in [3.63, 3.8) is 0 Å². The van der Waals surface area contributed by atoms with E-state index in [0.29, 0.717) is 0 Å². The Bertz CT molecular complexity index is 281. The number of rotatable bonds is 2. The molecule has 2 atom stereocenters. The van der Waals surface area contributed by atoms with Crippen LogP contribution in [0.1, 0.15) is 13.3 Å². The van der Waals surface area contributed by atoms with Crippen molar-refractivity contribution in [3.8, 4) is 0 Å². The normalized spacial score (nSPS) is 25.0. The van der Waals surface area contributed by atoms with E-state index in [9.17, 15) is 14.4 Å². The highest BCUT2D eigenvalue weighted by molar-refractivity contribution is 5.81. The van der Waals surface area contributed by atoms with Crippen LogP contribution in [0, 0.1) is 0 Å². The number of nitrogens with zero attached hydrogens (tertiary/aromatic N) is 1. The fourth-order valence-corrected chi connectivity index (χ4v) is 1.67. The van der Waals surface area contributed by atoms with E-state index in [2.05, 4.69) is 5.32 Å². The summed E-state index contributed by atoms with van der Waals surface area (Å²) in [5.74, 6) is -1.48. The lowest BCUT2D eigenvalue weighted by Crippen LogP contribution is -2.40. The van der Waals surface area contributed by atoms with Gasteiger partial charge in [0.05, 0.1) is 0 Å². The SMILES string of the molecule is CC(=O)N[C@@H]1C[C@H](C(=O)O)N(C(=O)O)C1. The molecule has 0 bridgehead atoms. The maximum Gasteiger partial charge on any atom is 0.408 e. The van der Waals surface area contributed by atoms with Gasteiger partial charge in [-0.1, -0.05) is 0 Å². The van der Waals surface area contributed by atoms with Crippen LogP contribution in [-0.4, -0.2) is 51.7 Å². The van der Waals surface area contributed by atoms with E-state index in [1.54, 1.807) is 0 Å². The number of carboxylic acids is 1. The second-order valence-corrected chi connectivity index (χ2v) is 3.42. The number of aliphatic carboxylic acids is 1. The van der Waals surface area contributed by atoms with Crippen molar-refractivity contribution < 1.29 is 24.6 Å². The molecule has 0 saturated carbocycles. The predicted molar refractivity (Wildman–Crippen MR) is 48.4 cm³/mol. The second kappa shape index (κ2) is 4.16. The van der Waals surface area contributed by atoms with Crippen LogP contribution in [0.2, 0.25) is 0 Å². The zero-order valence-corrected chi connectivity index (χ0v) is 8.14. The van der Waals surface area contributed by atoms with Gasteiger partial charge in [-0.05, 0) is 0 Å². The first-order valence-corrected chi connectivity index (χ1v) is 4.41. The van der Waals surface area contributed by atoms with Gasteiger partial charge in [-0.3, -0.25) is 9.69 Å². The first kappa shape index (κ1) is 11.3. The molecule has 0 aromatic heterocycles. The van der Waals surface area contributed by atoms with E-state index in [1.165, 1.54) is 6.92 Å². The minimum Gasteiger partial charge on any atom is -0.480 e. The van der Waals surface area contributed by atoms with Crippen molar-refractivity contribution in [1.29, 1.82) is 0 Å². The molecule has 7 nitrogen and oxygen atoms in total. The van der Waals surface area contributed by atoms with Crippen LogP contribution in [0.3, 0.4) is 0 Å². The average molecular weight is 216 g/mol. The highest BCUT2D eigenvalue weighted by Gasteiger charge is 2.39. The van der Waals surface area contributed by atoms with Gasteiger partial charge in [0.2, 0.25) is 5.91 Å². The van der Waals surface area contributed by atoms with Crippen molar-refractivity contribution in [2.45, 2.75) is 25.4 Å². The number of likely N-dealkylation sites (tertiary alicyclic amines) is 1. The molecule has 0 spiro atoms. The summed E-state index contributed by atoms with van der Waals surface area (Å²) in [7, 11) is 0. The maximum atomic E-state index is 10.7. The summed E-state index contributed by atoms with van der Waals surface area (Å²) in [4.78, 5) is 33.0. The van der Waals surface area contributed by atoms with E-state index in [-0.39, 0.29) is 18.9 Å². The molecule has 15 heavy (non-hydrogen) atoms. The fourth-order valence-electron chi connectivity index (χ4n) is 1.67. The molecule has 0 aromatic carbocycles. The molecule has 0 aliphatic carbocycles. The van der Waals surface area contributed by atoms with Crippen molar-refractivity contribution >= 4 is 18.0 Å². The quantitative estimate of drug-likeness (QED) is 0.567.